The van der Waals surface area contributed by atoms with Crippen LogP contribution in [0.4, 0.5) is 0 Å². The number of fused-ring (bicyclic) bond motifs is 3. The van der Waals surface area contributed by atoms with Crippen molar-refractivity contribution >= 4 is 56.9 Å². The first-order chi connectivity index (χ1) is 24.0. The fourth-order valence-corrected chi connectivity index (χ4v) is 11.7. The van der Waals surface area contributed by atoms with Gasteiger partial charge in [0.2, 0.25) is 0 Å². The molecule has 254 valence electrons. The van der Waals surface area contributed by atoms with Crippen molar-refractivity contribution in [1.29, 1.82) is 0 Å². The SMILES string of the molecule is [C-]#[N+]/C(C(=O)O)=C1/c2ccccc2-c2cc(-c3cc(CCCCCCCC)c(-c4ccc(-c5sccc5CCCCCCCC)s4)s3)sc21. The van der Waals surface area contributed by atoms with Gasteiger partial charge in [-0.25, -0.2) is 4.85 Å². The van der Waals surface area contributed by atoms with Crippen molar-refractivity contribution in [3.8, 4) is 40.4 Å². The molecule has 49 heavy (non-hydrogen) atoms. The number of carbonyl (C=O) groups is 1. The molecule has 0 radical (unpaired) electrons. The molecule has 1 aliphatic rings. The summed E-state index contributed by atoms with van der Waals surface area (Å²) in [5.74, 6) is -1.17. The first kappa shape index (κ1) is 35.5. The minimum Gasteiger partial charge on any atom is -0.486 e. The van der Waals surface area contributed by atoms with Gasteiger partial charge >= 0.3 is 5.97 Å². The Morgan fingerprint density at radius 2 is 1.22 bits per heavy atom. The quantitative estimate of drug-likeness (QED) is 0.0545. The predicted molar refractivity (Wildman–Crippen MR) is 214 cm³/mol. The zero-order valence-electron chi connectivity index (χ0n) is 28.6. The van der Waals surface area contributed by atoms with Gasteiger partial charge in [-0.2, -0.15) is 0 Å². The summed E-state index contributed by atoms with van der Waals surface area (Å²) in [5.41, 5.74) is 6.15. The highest BCUT2D eigenvalue weighted by Gasteiger charge is 2.31. The van der Waals surface area contributed by atoms with Crippen LogP contribution in [0.2, 0.25) is 0 Å². The van der Waals surface area contributed by atoms with E-state index in [-0.39, 0.29) is 5.70 Å². The minimum absolute atomic E-state index is 0.203. The van der Waals surface area contributed by atoms with Crippen LogP contribution in [0.25, 0.3) is 50.8 Å². The lowest BCUT2D eigenvalue weighted by Crippen LogP contribution is -1.99. The van der Waals surface area contributed by atoms with Crippen LogP contribution in [0.5, 0.6) is 0 Å². The average Bonchev–Trinajstić information content (AvgIpc) is 3.94. The molecule has 4 aromatic heterocycles. The number of aryl methyl sites for hydroxylation is 2. The second kappa shape index (κ2) is 17.1. The van der Waals surface area contributed by atoms with Crippen LogP contribution in [0.1, 0.15) is 112 Å². The van der Waals surface area contributed by atoms with Crippen molar-refractivity contribution in [2.45, 2.75) is 104 Å². The fraction of sp³-hybridized carbons (Fsp3) is 0.381. The summed E-state index contributed by atoms with van der Waals surface area (Å²) in [6, 6.07) is 19.5. The summed E-state index contributed by atoms with van der Waals surface area (Å²) in [6.07, 6.45) is 17.8. The van der Waals surface area contributed by atoms with Gasteiger partial charge in [-0.15, -0.1) is 45.3 Å². The topological polar surface area (TPSA) is 41.7 Å². The van der Waals surface area contributed by atoms with E-state index < -0.39 is 5.97 Å². The summed E-state index contributed by atoms with van der Waals surface area (Å²) in [5, 5.41) is 12.2. The first-order valence-electron chi connectivity index (χ1n) is 17.9. The van der Waals surface area contributed by atoms with E-state index in [1.165, 1.54) is 113 Å². The Labute approximate surface area is 307 Å². The van der Waals surface area contributed by atoms with Gasteiger partial charge in [0, 0.05) is 45.3 Å². The van der Waals surface area contributed by atoms with E-state index >= 15 is 0 Å². The van der Waals surface area contributed by atoms with Crippen LogP contribution < -0.4 is 0 Å². The molecule has 0 saturated heterocycles. The average molecular weight is 724 g/mol. The number of carboxylic acids is 1. The fourth-order valence-electron chi connectivity index (χ4n) is 6.87. The van der Waals surface area contributed by atoms with Crippen molar-refractivity contribution in [3.63, 3.8) is 0 Å². The van der Waals surface area contributed by atoms with Gasteiger partial charge in [0.25, 0.3) is 5.70 Å². The Bertz CT molecular complexity index is 1960. The maximum Gasteiger partial charge on any atom is 0.334 e. The number of hydrogen-bond acceptors (Lipinski definition) is 5. The predicted octanol–water partition coefficient (Wildman–Crippen LogP) is 14.5. The van der Waals surface area contributed by atoms with Crippen LogP contribution in [0.15, 0.2) is 65.7 Å². The Hall–Kier alpha value is -3.28. The third kappa shape index (κ3) is 8.05. The Balaban J connectivity index is 1.30. The lowest BCUT2D eigenvalue weighted by atomic mass is 10.0. The highest BCUT2D eigenvalue weighted by molar-refractivity contribution is 7.28. The monoisotopic (exact) mass is 723 g/mol. The standard InChI is InChI=1S/C42H45NO2S4/c1-4-6-8-10-12-14-18-28-24-25-46-39(28)33-22-23-34(47-33)40-29(19-15-13-11-9-7-5-2)26-35(48-40)36-27-32-30-20-16-17-21-31(30)37(41(32)49-36)38(43-3)42(44)45/h16-17,20-27H,4-15,18-19H2,1-2H3,(H,44,45)/b38-37-. The van der Waals surface area contributed by atoms with E-state index in [9.17, 15) is 9.90 Å². The van der Waals surface area contributed by atoms with Gasteiger partial charge in [0.15, 0.2) is 0 Å². The molecule has 3 nitrogen and oxygen atoms in total. The number of aliphatic carboxylic acids is 1. The second-order valence-electron chi connectivity index (χ2n) is 13.0. The largest absolute Gasteiger partial charge is 0.486 e. The Morgan fingerprint density at radius 3 is 1.90 bits per heavy atom. The third-order valence-corrected chi connectivity index (χ3v) is 14.4. The molecule has 5 aromatic rings. The maximum absolute atomic E-state index is 12.1. The summed E-state index contributed by atoms with van der Waals surface area (Å²) < 4.78 is 0. The van der Waals surface area contributed by atoms with E-state index in [4.69, 9.17) is 6.57 Å². The first-order valence-corrected chi connectivity index (χ1v) is 21.3. The van der Waals surface area contributed by atoms with Gasteiger partial charge in [0.1, 0.15) is 0 Å². The molecule has 1 aliphatic carbocycles. The molecule has 0 unspecified atom stereocenters. The van der Waals surface area contributed by atoms with E-state index in [0.29, 0.717) is 5.57 Å². The molecule has 0 saturated carbocycles. The molecule has 1 N–H and O–H groups in total. The highest BCUT2D eigenvalue weighted by atomic mass is 32.1. The molecule has 0 fully saturated rings. The zero-order chi connectivity index (χ0) is 34.2. The van der Waals surface area contributed by atoms with E-state index in [1.807, 2.05) is 58.3 Å². The summed E-state index contributed by atoms with van der Waals surface area (Å²) >= 11 is 7.29. The number of nitrogens with zero attached hydrogens (tertiary/aromatic N) is 1. The molecule has 6 rings (SSSR count). The molecule has 4 heterocycles. The highest BCUT2D eigenvalue weighted by Crippen LogP contribution is 2.54. The summed E-state index contributed by atoms with van der Waals surface area (Å²) in [7, 11) is 0. The normalized spacial score (nSPS) is 13.0. The molecular weight excluding hydrogens is 679 g/mol. The van der Waals surface area contributed by atoms with Crippen molar-refractivity contribution in [2.24, 2.45) is 0 Å². The van der Waals surface area contributed by atoms with Crippen molar-refractivity contribution in [1.82, 2.24) is 0 Å². The van der Waals surface area contributed by atoms with Crippen LogP contribution in [0, 0.1) is 6.57 Å². The van der Waals surface area contributed by atoms with Crippen molar-refractivity contribution in [3.05, 3.63) is 98.7 Å². The lowest BCUT2D eigenvalue weighted by molar-refractivity contribution is -0.132. The van der Waals surface area contributed by atoms with Gasteiger partial charge in [-0.05, 0) is 83.6 Å². The van der Waals surface area contributed by atoms with E-state index in [0.717, 1.165) is 39.3 Å². The van der Waals surface area contributed by atoms with Crippen LogP contribution in [-0.4, -0.2) is 11.1 Å². The summed E-state index contributed by atoms with van der Waals surface area (Å²) in [6.45, 7) is 12.2. The van der Waals surface area contributed by atoms with Gasteiger partial charge < -0.3 is 5.11 Å². The number of carboxylic acid groups (broad SMARTS) is 1. The van der Waals surface area contributed by atoms with Gasteiger partial charge in [-0.1, -0.05) is 102 Å². The summed E-state index contributed by atoms with van der Waals surface area (Å²) in [4.78, 5) is 24.4. The molecule has 0 aliphatic heterocycles. The number of benzene rings is 1. The number of thiophene rings is 4. The molecule has 1 aromatic carbocycles. The van der Waals surface area contributed by atoms with Gasteiger partial charge in [-0.3, -0.25) is 4.79 Å². The van der Waals surface area contributed by atoms with Crippen LogP contribution >= 0.6 is 45.3 Å². The number of rotatable bonds is 18. The van der Waals surface area contributed by atoms with Gasteiger partial charge in [0.05, 0.1) is 6.57 Å². The minimum atomic E-state index is -1.17. The smallest absolute Gasteiger partial charge is 0.334 e. The van der Waals surface area contributed by atoms with E-state index in [2.05, 4.69) is 54.4 Å². The van der Waals surface area contributed by atoms with E-state index in [1.54, 1.807) is 11.3 Å². The number of hydrogen-bond donors (Lipinski definition) is 1. The second-order valence-corrected chi connectivity index (χ2v) is 17.1. The van der Waals surface area contributed by atoms with Crippen LogP contribution in [0.3, 0.4) is 0 Å². The van der Waals surface area contributed by atoms with Crippen LogP contribution in [-0.2, 0) is 17.6 Å². The Morgan fingerprint density at radius 1 is 0.633 bits per heavy atom. The maximum atomic E-state index is 12.1. The third-order valence-electron chi connectivity index (χ3n) is 9.45. The van der Waals surface area contributed by atoms with Crippen molar-refractivity contribution in [2.75, 3.05) is 0 Å². The molecule has 0 bridgehead atoms. The molecule has 0 amide bonds. The molecule has 7 heteroatoms. The lowest BCUT2D eigenvalue weighted by Gasteiger charge is -2.04. The molecule has 0 atom stereocenters. The van der Waals surface area contributed by atoms with Crippen molar-refractivity contribution < 1.29 is 9.90 Å². The molecule has 0 spiro atoms. The number of unbranched alkanes of at least 4 members (excludes halogenated alkanes) is 10. The zero-order valence-corrected chi connectivity index (χ0v) is 31.9. The Kier molecular flexibility index (Phi) is 12.4. The molecular formula is C42H45NO2S4.